The van der Waals surface area contributed by atoms with Gasteiger partial charge in [-0.3, -0.25) is 14.2 Å². The van der Waals surface area contributed by atoms with Crippen molar-refractivity contribution in [1.82, 2.24) is 29.9 Å². The number of rotatable bonds is 5. The van der Waals surface area contributed by atoms with E-state index in [1.54, 1.807) is 30.2 Å². The number of carbonyl (C=O) groups excluding carboxylic acids is 1. The van der Waals surface area contributed by atoms with Gasteiger partial charge in [0.1, 0.15) is 6.33 Å². The van der Waals surface area contributed by atoms with Crippen LogP contribution in [0.1, 0.15) is 33.1 Å². The summed E-state index contributed by atoms with van der Waals surface area (Å²) in [6.45, 7) is 4.73. The molecule has 130 valence electrons. The molecule has 1 N–H and O–H groups in total. The summed E-state index contributed by atoms with van der Waals surface area (Å²) < 4.78 is 3.46. The zero-order valence-electron chi connectivity index (χ0n) is 14.3. The molecule has 8 heteroatoms. The second kappa shape index (κ2) is 7.06. The zero-order chi connectivity index (χ0) is 18.0. The molecule has 0 aliphatic carbocycles. The summed E-state index contributed by atoms with van der Waals surface area (Å²) in [4.78, 5) is 16.3. The molecular weight excluding hydrogens is 340 g/mol. The molecule has 7 nitrogen and oxygen atoms in total. The van der Waals surface area contributed by atoms with Crippen molar-refractivity contribution in [3.05, 3.63) is 64.0 Å². The lowest BCUT2D eigenvalue weighted by atomic mass is 10.1. The van der Waals surface area contributed by atoms with E-state index in [0.29, 0.717) is 29.5 Å². The first-order valence-corrected chi connectivity index (χ1v) is 8.23. The van der Waals surface area contributed by atoms with Crippen LogP contribution in [-0.4, -0.2) is 30.5 Å². The third kappa shape index (κ3) is 3.88. The van der Waals surface area contributed by atoms with Crippen LogP contribution in [0, 0.1) is 13.8 Å². The highest BCUT2D eigenvalue weighted by Crippen LogP contribution is 2.20. The second-order valence-corrected chi connectivity index (χ2v) is 6.23. The van der Waals surface area contributed by atoms with Gasteiger partial charge in [-0.2, -0.15) is 10.2 Å². The van der Waals surface area contributed by atoms with Gasteiger partial charge in [0.25, 0.3) is 5.91 Å². The molecule has 0 saturated heterocycles. The van der Waals surface area contributed by atoms with Gasteiger partial charge in [-0.1, -0.05) is 23.7 Å². The summed E-state index contributed by atoms with van der Waals surface area (Å²) in [5.41, 5.74) is 3.39. The molecule has 25 heavy (non-hydrogen) atoms. The number of nitrogens with zero attached hydrogens (tertiary/aromatic N) is 5. The van der Waals surface area contributed by atoms with Gasteiger partial charge in [0.15, 0.2) is 5.82 Å². The molecule has 0 aliphatic rings. The SMILES string of the molecule is Cc1nn(Cc2ccc(C(=O)NCc3ncn(C)n3)cc2)c(C)c1Cl. The molecule has 0 spiro atoms. The summed E-state index contributed by atoms with van der Waals surface area (Å²) in [6, 6.07) is 7.42. The smallest absolute Gasteiger partial charge is 0.251 e. The Morgan fingerprint density at radius 3 is 2.48 bits per heavy atom. The fraction of sp³-hybridized carbons (Fsp3) is 0.294. The van der Waals surface area contributed by atoms with Crippen molar-refractivity contribution in [3.63, 3.8) is 0 Å². The summed E-state index contributed by atoms with van der Waals surface area (Å²) in [7, 11) is 1.78. The van der Waals surface area contributed by atoms with Gasteiger partial charge in [0.05, 0.1) is 29.5 Å². The molecule has 1 aromatic carbocycles. The van der Waals surface area contributed by atoms with Crippen LogP contribution in [-0.2, 0) is 20.1 Å². The lowest BCUT2D eigenvalue weighted by Gasteiger charge is -2.07. The molecule has 0 bridgehead atoms. The summed E-state index contributed by atoms with van der Waals surface area (Å²) in [6.07, 6.45) is 1.60. The van der Waals surface area contributed by atoms with Gasteiger partial charge < -0.3 is 5.32 Å². The number of hydrogen-bond donors (Lipinski definition) is 1. The molecule has 0 atom stereocenters. The molecule has 2 aromatic heterocycles. The minimum absolute atomic E-state index is 0.159. The molecule has 1 amide bonds. The quantitative estimate of drug-likeness (QED) is 0.758. The molecule has 0 unspecified atom stereocenters. The van der Waals surface area contributed by atoms with Crippen LogP contribution < -0.4 is 5.32 Å². The molecule has 3 rings (SSSR count). The molecule has 3 aromatic rings. The van der Waals surface area contributed by atoms with Crippen molar-refractivity contribution in [1.29, 1.82) is 0 Å². The van der Waals surface area contributed by atoms with Crippen LogP contribution in [0.4, 0.5) is 0 Å². The number of benzene rings is 1. The van der Waals surface area contributed by atoms with Crippen LogP contribution in [0.5, 0.6) is 0 Å². The normalized spacial score (nSPS) is 10.9. The Kier molecular flexibility index (Phi) is 4.85. The van der Waals surface area contributed by atoms with Gasteiger partial charge in [-0.15, -0.1) is 0 Å². The van der Waals surface area contributed by atoms with Gasteiger partial charge in [-0.05, 0) is 31.5 Å². The Hall–Kier alpha value is -2.67. The summed E-state index contributed by atoms with van der Waals surface area (Å²) in [5.74, 6) is 0.419. The molecular formula is C17H19ClN6O. The number of carbonyl (C=O) groups is 1. The Morgan fingerprint density at radius 1 is 1.20 bits per heavy atom. The van der Waals surface area contributed by atoms with E-state index in [1.165, 1.54) is 0 Å². The molecule has 0 saturated carbocycles. The fourth-order valence-corrected chi connectivity index (χ4v) is 2.63. The first kappa shape index (κ1) is 17.2. The monoisotopic (exact) mass is 358 g/mol. The molecule has 0 aliphatic heterocycles. The van der Waals surface area contributed by atoms with Gasteiger partial charge in [0, 0.05) is 12.6 Å². The maximum Gasteiger partial charge on any atom is 0.251 e. The van der Waals surface area contributed by atoms with Crippen molar-refractivity contribution in [2.45, 2.75) is 26.9 Å². The predicted octanol–water partition coefficient (Wildman–Crippen LogP) is 2.26. The minimum atomic E-state index is -0.159. The highest BCUT2D eigenvalue weighted by molar-refractivity contribution is 6.31. The highest BCUT2D eigenvalue weighted by atomic mass is 35.5. The van der Waals surface area contributed by atoms with E-state index in [0.717, 1.165) is 17.0 Å². The van der Waals surface area contributed by atoms with Crippen LogP contribution in [0.3, 0.4) is 0 Å². The van der Waals surface area contributed by atoms with E-state index in [4.69, 9.17) is 11.6 Å². The van der Waals surface area contributed by atoms with E-state index in [1.807, 2.05) is 30.7 Å². The maximum absolute atomic E-state index is 12.2. The lowest BCUT2D eigenvalue weighted by molar-refractivity contribution is 0.0950. The predicted molar refractivity (Wildman–Crippen MR) is 94.4 cm³/mol. The fourth-order valence-electron chi connectivity index (χ4n) is 2.49. The summed E-state index contributed by atoms with van der Waals surface area (Å²) in [5, 5.41) is 12.0. The van der Waals surface area contributed by atoms with E-state index >= 15 is 0 Å². The first-order chi connectivity index (χ1) is 11.9. The van der Waals surface area contributed by atoms with Crippen molar-refractivity contribution in [2.24, 2.45) is 7.05 Å². The molecule has 0 fully saturated rings. The number of aromatic nitrogens is 5. The number of aryl methyl sites for hydroxylation is 2. The van der Waals surface area contributed by atoms with E-state index in [9.17, 15) is 4.79 Å². The van der Waals surface area contributed by atoms with Crippen molar-refractivity contribution >= 4 is 17.5 Å². The third-order valence-corrected chi connectivity index (χ3v) is 4.44. The van der Waals surface area contributed by atoms with E-state index in [-0.39, 0.29) is 5.91 Å². The van der Waals surface area contributed by atoms with Gasteiger partial charge in [0.2, 0.25) is 0 Å². The number of hydrogen-bond acceptors (Lipinski definition) is 4. The van der Waals surface area contributed by atoms with Crippen molar-refractivity contribution in [3.8, 4) is 0 Å². The largest absolute Gasteiger partial charge is 0.345 e. The Balaban J connectivity index is 1.63. The average Bonchev–Trinajstić information content (AvgIpc) is 3.12. The van der Waals surface area contributed by atoms with Crippen LogP contribution in [0.2, 0.25) is 5.02 Å². The molecule has 2 heterocycles. The lowest BCUT2D eigenvalue weighted by Crippen LogP contribution is -2.23. The van der Waals surface area contributed by atoms with Gasteiger partial charge >= 0.3 is 0 Å². The Bertz CT molecular complexity index is 897. The van der Waals surface area contributed by atoms with Crippen LogP contribution in [0.25, 0.3) is 0 Å². The van der Waals surface area contributed by atoms with Crippen molar-refractivity contribution in [2.75, 3.05) is 0 Å². The first-order valence-electron chi connectivity index (χ1n) is 7.85. The Labute approximate surface area is 150 Å². The van der Waals surface area contributed by atoms with Crippen molar-refractivity contribution < 1.29 is 4.79 Å². The van der Waals surface area contributed by atoms with Crippen LogP contribution in [0.15, 0.2) is 30.6 Å². The standard InChI is InChI=1S/C17H19ClN6O/c1-11-16(18)12(2)24(21-11)9-13-4-6-14(7-5-13)17(25)19-8-15-20-10-23(3)22-15/h4-7,10H,8-9H2,1-3H3,(H,19,25). The average molecular weight is 359 g/mol. The molecule has 0 radical (unpaired) electrons. The highest BCUT2D eigenvalue weighted by Gasteiger charge is 2.10. The van der Waals surface area contributed by atoms with Gasteiger partial charge in [-0.25, -0.2) is 4.98 Å². The van der Waals surface area contributed by atoms with E-state index in [2.05, 4.69) is 20.5 Å². The summed E-state index contributed by atoms with van der Waals surface area (Å²) >= 11 is 6.17. The topological polar surface area (TPSA) is 77.6 Å². The second-order valence-electron chi connectivity index (χ2n) is 5.86. The minimum Gasteiger partial charge on any atom is -0.345 e. The number of halogens is 1. The van der Waals surface area contributed by atoms with Crippen LogP contribution >= 0.6 is 11.6 Å². The maximum atomic E-state index is 12.2. The number of amides is 1. The number of nitrogens with one attached hydrogen (secondary N) is 1. The van der Waals surface area contributed by atoms with E-state index < -0.39 is 0 Å². The Morgan fingerprint density at radius 2 is 1.92 bits per heavy atom. The third-order valence-electron chi connectivity index (χ3n) is 3.90. The zero-order valence-corrected chi connectivity index (χ0v) is 15.1.